The maximum atomic E-state index is 12.5. The highest BCUT2D eigenvalue weighted by molar-refractivity contribution is 5.75. The highest BCUT2D eigenvalue weighted by atomic mass is 16.6. The second kappa shape index (κ2) is 13.2. The molecule has 0 spiro atoms. The molecule has 236 valence electrons. The van der Waals surface area contributed by atoms with Gasteiger partial charge in [-0.1, -0.05) is 12.1 Å². The fraction of sp³-hybridized carbons (Fsp3) is 0.531. The van der Waals surface area contributed by atoms with Crippen molar-refractivity contribution >= 4 is 23.8 Å². The number of anilines is 2. The first kappa shape index (κ1) is 31.2. The minimum atomic E-state index is -0.501. The van der Waals surface area contributed by atoms with Crippen LogP contribution in [0.2, 0.25) is 0 Å². The Hall–Kier alpha value is -4.19. The molecular weight excluding hydrogens is 560 g/mol. The molecule has 0 saturated carbocycles. The molecule has 44 heavy (non-hydrogen) atoms. The third kappa shape index (κ3) is 8.04. The van der Waals surface area contributed by atoms with Crippen molar-refractivity contribution in [2.75, 3.05) is 31.5 Å². The molecule has 0 radical (unpaired) electrons. The normalized spacial score (nSPS) is 16.2. The zero-order valence-electron chi connectivity index (χ0n) is 26.5. The maximum absolute atomic E-state index is 12.5. The largest absolute Gasteiger partial charge is 0.444 e. The molecule has 0 unspecified atom stereocenters. The van der Waals surface area contributed by atoms with Gasteiger partial charge in [0.1, 0.15) is 5.60 Å². The van der Waals surface area contributed by atoms with Crippen LogP contribution in [0.15, 0.2) is 42.9 Å². The van der Waals surface area contributed by atoms with Gasteiger partial charge in [0.2, 0.25) is 5.95 Å². The predicted octanol–water partition coefficient (Wildman–Crippen LogP) is 5.28. The van der Waals surface area contributed by atoms with Crippen LogP contribution >= 0.6 is 0 Å². The smallest absolute Gasteiger partial charge is 0.410 e. The van der Waals surface area contributed by atoms with Crippen molar-refractivity contribution in [1.29, 1.82) is 0 Å². The average molecular weight is 605 g/mol. The molecule has 3 amide bonds. The van der Waals surface area contributed by atoms with Gasteiger partial charge in [-0.05, 0) is 77.6 Å². The lowest BCUT2D eigenvalue weighted by Gasteiger charge is -2.39. The summed E-state index contributed by atoms with van der Waals surface area (Å²) in [6.45, 7) is 14.7. The maximum Gasteiger partial charge on any atom is 0.410 e. The summed E-state index contributed by atoms with van der Waals surface area (Å²) >= 11 is 0. The lowest BCUT2D eigenvalue weighted by molar-refractivity contribution is -0.0641. The standard InChI is InChI=1S/C32H44N8O4/c1-21(2)43-27-19-39(20-27)30(41)34-16-24-8-7-23(15-22(24)3)28-9-12-33-29(37-28)36-25-17-35-40(18-25)26-10-13-38(14-11-26)31(42)44-32(4,5)6/h7-9,12,15,17-18,21,26-27H,10-11,13-14,16,19-20H2,1-6H3,(H,34,41)(H,33,36,37). The van der Waals surface area contributed by atoms with Crippen LogP contribution in [0, 0.1) is 6.92 Å². The average Bonchev–Trinajstić information content (AvgIpc) is 3.41. The summed E-state index contributed by atoms with van der Waals surface area (Å²) < 4.78 is 13.2. The fourth-order valence-electron chi connectivity index (χ4n) is 5.36. The zero-order valence-corrected chi connectivity index (χ0v) is 26.5. The van der Waals surface area contributed by atoms with Gasteiger partial charge in [-0.15, -0.1) is 0 Å². The van der Waals surface area contributed by atoms with Crippen LogP contribution in [0.5, 0.6) is 0 Å². The molecule has 0 atom stereocenters. The van der Waals surface area contributed by atoms with Crippen LogP contribution < -0.4 is 10.6 Å². The number of nitrogens with zero attached hydrogens (tertiary/aromatic N) is 6. The number of piperidine rings is 1. The van der Waals surface area contributed by atoms with Crippen LogP contribution in [-0.2, 0) is 16.0 Å². The SMILES string of the molecule is Cc1cc(-c2ccnc(Nc3cnn(C4CCN(C(=O)OC(C)(C)C)CC4)c3)n2)ccc1CNC(=O)N1CC(OC(C)C)C1. The zero-order chi connectivity index (χ0) is 31.4. The third-order valence-corrected chi connectivity index (χ3v) is 7.67. The van der Waals surface area contributed by atoms with Crippen LogP contribution in [0.3, 0.4) is 0 Å². The van der Waals surface area contributed by atoms with E-state index in [0.717, 1.165) is 40.9 Å². The number of likely N-dealkylation sites (tertiary alicyclic amines) is 2. The summed E-state index contributed by atoms with van der Waals surface area (Å²) in [7, 11) is 0. The number of aryl methyl sites for hydroxylation is 1. The van der Waals surface area contributed by atoms with Crippen molar-refractivity contribution in [3.63, 3.8) is 0 Å². The molecule has 3 aromatic rings. The lowest BCUT2D eigenvalue weighted by Crippen LogP contribution is -2.58. The minimum absolute atomic E-state index is 0.0711. The van der Waals surface area contributed by atoms with E-state index in [4.69, 9.17) is 14.5 Å². The van der Waals surface area contributed by atoms with Gasteiger partial charge in [0, 0.05) is 37.6 Å². The van der Waals surface area contributed by atoms with Crippen LogP contribution in [-0.4, -0.2) is 85.7 Å². The molecule has 5 rings (SSSR count). The number of rotatable bonds is 8. The van der Waals surface area contributed by atoms with E-state index < -0.39 is 5.60 Å². The van der Waals surface area contributed by atoms with Gasteiger partial charge in [-0.3, -0.25) is 4.68 Å². The topological polar surface area (TPSA) is 127 Å². The first-order valence-electron chi connectivity index (χ1n) is 15.3. The van der Waals surface area contributed by atoms with Gasteiger partial charge in [0.05, 0.1) is 48.9 Å². The Morgan fingerprint density at radius 1 is 1.09 bits per heavy atom. The molecule has 12 nitrogen and oxygen atoms in total. The second-order valence-corrected chi connectivity index (χ2v) is 12.8. The molecule has 4 heterocycles. The summed E-state index contributed by atoms with van der Waals surface area (Å²) in [5.74, 6) is 0.477. The number of carbonyl (C=O) groups excluding carboxylic acids is 2. The number of carbonyl (C=O) groups is 2. The molecule has 2 N–H and O–H groups in total. The van der Waals surface area contributed by atoms with Gasteiger partial charge < -0.3 is 29.9 Å². The Morgan fingerprint density at radius 2 is 1.84 bits per heavy atom. The summed E-state index contributed by atoms with van der Waals surface area (Å²) in [5, 5.41) is 10.8. The van der Waals surface area contributed by atoms with Crippen LogP contribution in [0.25, 0.3) is 11.3 Å². The lowest BCUT2D eigenvalue weighted by atomic mass is 10.0. The number of benzene rings is 1. The van der Waals surface area contributed by atoms with Gasteiger partial charge in [-0.25, -0.2) is 19.6 Å². The highest BCUT2D eigenvalue weighted by Gasteiger charge is 2.32. The molecule has 2 aliphatic rings. The first-order chi connectivity index (χ1) is 20.9. The monoisotopic (exact) mass is 604 g/mol. The molecule has 2 fully saturated rings. The molecule has 1 aromatic carbocycles. The minimum Gasteiger partial charge on any atom is -0.444 e. The van der Waals surface area contributed by atoms with Gasteiger partial charge in [-0.2, -0.15) is 5.10 Å². The Kier molecular flexibility index (Phi) is 9.38. The quantitative estimate of drug-likeness (QED) is 0.356. The van der Waals surface area contributed by atoms with Crippen molar-refractivity contribution in [2.24, 2.45) is 0 Å². The number of ether oxygens (including phenoxy) is 2. The van der Waals surface area contributed by atoms with Crippen molar-refractivity contribution in [1.82, 2.24) is 34.9 Å². The van der Waals surface area contributed by atoms with Crippen LogP contribution in [0.1, 0.15) is 64.6 Å². The fourth-order valence-corrected chi connectivity index (χ4v) is 5.36. The van der Waals surface area contributed by atoms with Crippen molar-refractivity contribution in [3.8, 4) is 11.3 Å². The highest BCUT2D eigenvalue weighted by Crippen LogP contribution is 2.26. The number of hydrogen-bond donors (Lipinski definition) is 2. The van der Waals surface area contributed by atoms with Crippen molar-refractivity contribution in [3.05, 3.63) is 54.0 Å². The molecular formula is C32H44N8O4. The number of nitrogens with one attached hydrogen (secondary N) is 2. The molecule has 12 heteroatoms. The molecule has 0 aliphatic carbocycles. The van der Waals surface area contributed by atoms with Gasteiger partial charge >= 0.3 is 12.1 Å². The summed E-state index contributed by atoms with van der Waals surface area (Å²) in [4.78, 5) is 37.5. The summed E-state index contributed by atoms with van der Waals surface area (Å²) in [6.07, 6.45) is 7.08. The third-order valence-electron chi connectivity index (χ3n) is 7.67. The second-order valence-electron chi connectivity index (χ2n) is 12.8. The number of aromatic nitrogens is 4. The molecule has 2 aliphatic heterocycles. The Bertz CT molecular complexity index is 1450. The van der Waals surface area contributed by atoms with E-state index in [2.05, 4.69) is 26.8 Å². The van der Waals surface area contributed by atoms with E-state index in [-0.39, 0.29) is 30.4 Å². The Labute approximate surface area is 259 Å². The van der Waals surface area contributed by atoms with Gasteiger partial charge in [0.15, 0.2) is 0 Å². The van der Waals surface area contributed by atoms with E-state index >= 15 is 0 Å². The molecule has 0 bridgehead atoms. The van der Waals surface area contributed by atoms with Crippen molar-refractivity contribution in [2.45, 2.75) is 84.8 Å². The first-order valence-corrected chi connectivity index (χ1v) is 15.3. The number of hydrogen-bond acceptors (Lipinski definition) is 8. The Morgan fingerprint density at radius 3 is 2.52 bits per heavy atom. The summed E-state index contributed by atoms with van der Waals surface area (Å²) in [5.41, 5.74) is 4.17. The van der Waals surface area contributed by atoms with Gasteiger partial charge in [0.25, 0.3) is 0 Å². The number of amides is 3. The van der Waals surface area contributed by atoms with E-state index in [9.17, 15) is 9.59 Å². The number of urea groups is 1. The van der Waals surface area contributed by atoms with Crippen molar-refractivity contribution < 1.29 is 19.1 Å². The molecule has 2 saturated heterocycles. The van der Waals surface area contributed by atoms with E-state index in [1.807, 2.05) is 70.6 Å². The molecule has 2 aromatic heterocycles. The predicted molar refractivity (Wildman–Crippen MR) is 168 cm³/mol. The Balaban J connectivity index is 1.13. The van der Waals surface area contributed by atoms with E-state index in [1.54, 1.807) is 22.2 Å². The van der Waals surface area contributed by atoms with E-state index in [1.165, 1.54) is 0 Å². The summed E-state index contributed by atoms with van der Waals surface area (Å²) in [6, 6.07) is 8.12. The van der Waals surface area contributed by atoms with Crippen LogP contribution in [0.4, 0.5) is 21.2 Å². The van der Waals surface area contributed by atoms with E-state index in [0.29, 0.717) is 38.7 Å².